The molecular weight excluding hydrogens is 230 g/mol. The lowest BCUT2D eigenvalue weighted by molar-refractivity contribution is -0.127. The molecule has 1 atom stereocenters. The zero-order valence-corrected chi connectivity index (χ0v) is 11.1. The smallest absolute Gasteiger partial charge is 0.170 e. The highest BCUT2D eigenvalue weighted by molar-refractivity contribution is 5.07. The normalized spacial score (nSPS) is 37.0. The van der Waals surface area contributed by atoms with E-state index >= 15 is 0 Å². The second-order valence-electron chi connectivity index (χ2n) is 5.64. The highest BCUT2D eigenvalue weighted by Crippen LogP contribution is 2.43. The van der Waals surface area contributed by atoms with Gasteiger partial charge in [-0.15, -0.1) is 5.10 Å². The Bertz CT molecular complexity index is 410. The number of nitrogens with one attached hydrogen (secondary N) is 1. The van der Waals surface area contributed by atoms with Crippen molar-refractivity contribution in [2.45, 2.75) is 44.2 Å². The van der Waals surface area contributed by atoms with E-state index in [1.807, 2.05) is 7.05 Å². The van der Waals surface area contributed by atoms with Gasteiger partial charge < -0.3 is 10.1 Å². The summed E-state index contributed by atoms with van der Waals surface area (Å²) >= 11 is 0. The van der Waals surface area contributed by atoms with Crippen LogP contribution in [0.4, 0.5) is 0 Å². The highest BCUT2D eigenvalue weighted by atomic mass is 16.5. The van der Waals surface area contributed by atoms with Gasteiger partial charge in [-0.1, -0.05) is 6.92 Å². The van der Waals surface area contributed by atoms with Crippen molar-refractivity contribution in [3.8, 4) is 0 Å². The SMILES string of the molecule is CC1CCC2(CC1)OCCNC2c1nnnn1C. The molecule has 1 aliphatic heterocycles. The molecule has 1 spiro atoms. The summed E-state index contributed by atoms with van der Waals surface area (Å²) in [5.74, 6) is 1.70. The lowest BCUT2D eigenvalue weighted by atomic mass is 9.74. The number of ether oxygens (including phenoxy) is 1. The van der Waals surface area contributed by atoms with Crippen LogP contribution in [0.5, 0.6) is 0 Å². The van der Waals surface area contributed by atoms with Crippen molar-refractivity contribution in [3.63, 3.8) is 0 Å². The number of aryl methyl sites for hydroxylation is 1. The first-order valence-corrected chi connectivity index (χ1v) is 6.81. The van der Waals surface area contributed by atoms with Gasteiger partial charge in [0, 0.05) is 13.6 Å². The molecule has 2 aliphatic rings. The van der Waals surface area contributed by atoms with Crippen LogP contribution in [0, 0.1) is 5.92 Å². The van der Waals surface area contributed by atoms with Gasteiger partial charge >= 0.3 is 0 Å². The Morgan fingerprint density at radius 1 is 1.39 bits per heavy atom. The van der Waals surface area contributed by atoms with Crippen LogP contribution in [-0.4, -0.2) is 39.0 Å². The number of rotatable bonds is 1. The maximum Gasteiger partial charge on any atom is 0.170 e. The van der Waals surface area contributed by atoms with Crippen molar-refractivity contribution < 1.29 is 4.74 Å². The van der Waals surface area contributed by atoms with Crippen LogP contribution in [0.25, 0.3) is 0 Å². The molecule has 6 heteroatoms. The first-order valence-electron chi connectivity index (χ1n) is 6.81. The van der Waals surface area contributed by atoms with Crippen LogP contribution in [0.3, 0.4) is 0 Å². The lowest BCUT2D eigenvalue weighted by Gasteiger charge is -2.47. The summed E-state index contributed by atoms with van der Waals surface area (Å²) in [6.45, 7) is 3.98. The van der Waals surface area contributed by atoms with E-state index in [4.69, 9.17) is 4.74 Å². The van der Waals surface area contributed by atoms with Gasteiger partial charge in [0.2, 0.25) is 0 Å². The molecule has 1 aromatic rings. The Morgan fingerprint density at radius 2 is 2.17 bits per heavy atom. The lowest BCUT2D eigenvalue weighted by Crippen LogP contribution is -2.54. The molecule has 1 aliphatic carbocycles. The molecule has 1 saturated heterocycles. The summed E-state index contributed by atoms with van der Waals surface area (Å²) in [4.78, 5) is 0. The maximum atomic E-state index is 6.17. The van der Waals surface area contributed by atoms with Crippen LogP contribution in [0.15, 0.2) is 0 Å². The molecule has 1 unspecified atom stereocenters. The number of hydrogen-bond acceptors (Lipinski definition) is 5. The fourth-order valence-corrected chi connectivity index (χ4v) is 3.22. The van der Waals surface area contributed by atoms with E-state index in [9.17, 15) is 0 Å². The van der Waals surface area contributed by atoms with Gasteiger partial charge in [-0.25, -0.2) is 4.68 Å². The van der Waals surface area contributed by atoms with E-state index in [1.54, 1.807) is 4.68 Å². The van der Waals surface area contributed by atoms with Crippen LogP contribution in [0.1, 0.15) is 44.5 Å². The zero-order valence-electron chi connectivity index (χ0n) is 11.1. The van der Waals surface area contributed by atoms with Crippen molar-refractivity contribution in [1.29, 1.82) is 0 Å². The average molecular weight is 251 g/mol. The molecule has 100 valence electrons. The van der Waals surface area contributed by atoms with Crippen LogP contribution < -0.4 is 5.32 Å². The Balaban J connectivity index is 1.88. The first-order chi connectivity index (χ1) is 8.71. The predicted octanol–water partition coefficient (Wildman–Crippen LogP) is 0.820. The van der Waals surface area contributed by atoms with Gasteiger partial charge in [0.1, 0.15) is 0 Å². The number of tetrazole rings is 1. The van der Waals surface area contributed by atoms with Gasteiger partial charge in [-0.05, 0) is 42.0 Å². The minimum atomic E-state index is -0.104. The van der Waals surface area contributed by atoms with Crippen molar-refractivity contribution in [2.75, 3.05) is 13.2 Å². The van der Waals surface area contributed by atoms with E-state index < -0.39 is 0 Å². The minimum absolute atomic E-state index is 0.104. The largest absolute Gasteiger partial charge is 0.372 e. The Hall–Kier alpha value is -1.01. The van der Waals surface area contributed by atoms with Gasteiger partial charge in [0.15, 0.2) is 5.82 Å². The molecule has 1 N–H and O–H groups in total. The van der Waals surface area contributed by atoms with Crippen molar-refractivity contribution in [3.05, 3.63) is 5.82 Å². The second kappa shape index (κ2) is 4.59. The highest BCUT2D eigenvalue weighted by Gasteiger charge is 2.46. The standard InChI is InChI=1S/C12H21N5O/c1-9-3-5-12(6-4-9)10(13-7-8-18-12)11-14-15-16-17(11)2/h9-10,13H,3-8H2,1-2H3. The summed E-state index contributed by atoms with van der Waals surface area (Å²) in [6.07, 6.45) is 4.64. The molecule has 1 aromatic heterocycles. The molecule has 0 radical (unpaired) electrons. The molecule has 1 saturated carbocycles. The molecule has 2 fully saturated rings. The minimum Gasteiger partial charge on any atom is -0.372 e. The topological polar surface area (TPSA) is 64.9 Å². The number of nitrogens with zero attached hydrogens (tertiary/aromatic N) is 4. The van der Waals surface area contributed by atoms with Crippen LogP contribution in [0.2, 0.25) is 0 Å². The summed E-state index contributed by atoms with van der Waals surface area (Å²) in [5.41, 5.74) is -0.104. The zero-order chi connectivity index (χ0) is 12.6. The molecule has 18 heavy (non-hydrogen) atoms. The van der Waals surface area contributed by atoms with Gasteiger partial charge in [0.05, 0.1) is 18.2 Å². The number of aromatic nitrogens is 4. The van der Waals surface area contributed by atoms with Crippen LogP contribution in [-0.2, 0) is 11.8 Å². The average Bonchev–Trinajstić information content (AvgIpc) is 2.80. The third kappa shape index (κ3) is 1.93. The van der Waals surface area contributed by atoms with E-state index in [-0.39, 0.29) is 11.6 Å². The van der Waals surface area contributed by atoms with Crippen molar-refractivity contribution in [1.82, 2.24) is 25.5 Å². The summed E-state index contributed by atoms with van der Waals surface area (Å²) in [6, 6.07) is 0.124. The number of hydrogen-bond donors (Lipinski definition) is 1. The van der Waals surface area contributed by atoms with E-state index in [0.29, 0.717) is 0 Å². The Labute approximate surface area is 107 Å². The molecule has 0 aromatic carbocycles. The van der Waals surface area contributed by atoms with E-state index in [0.717, 1.165) is 37.7 Å². The monoisotopic (exact) mass is 251 g/mol. The summed E-state index contributed by atoms with van der Waals surface area (Å²) in [5, 5.41) is 15.4. The van der Waals surface area contributed by atoms with E-state index in [2.05, 4.69) is 27.8 Å². The van der Waals surface area contributed by atoms with E-state index in [1.165, 1.54) is 12.8 Å². The van der Waals surface area contributed by atoms with Gasteiger partial charge in [-0.3, -0.25) is 0 Å². The Kier molecular flexibility index (Phi) is 3.07. The number of morpholine rings is 1. The molecular formula is C12H21N5O. The van der Waals surface area contributed by atoms with Crippen molar-refractivity contribution in [2.24, 2.45) is 13.0 Å². The summed E-state index contributed by atoms with van der Waals surface area (Å²) in [7, 11) is 1.89. The first kappa shape index (κ1) is 12.0. The molecule has 6 nitrogen and oxygen atoms in total. The quantitative estimate of drug-likeness (QED) is 0.800. The van der Waals surface area contributed by atoms with Gasteiger partial charge in [0.25, 0.3) is 0 Å². The molecule has 2 heterocycles. The molecule has 0 bridgehead atoms. The predicted molar refractivity (Wildman–Crippen MR) is 65.9 cm³/mol. The van der Waals surface area contributed by atoms with Crippen molar-refractivity contribution >= 4 is 0 Å². The third-order valence-corrected chi connectivity index (χ3v) is 4.40. The molecule has 0 amide bonds. The second-order valence-corrected chi connectivity index (χ2v) is 5.64. The Morgan fingerprint density at radius 3 is 2.83 bits per heavy atom. The molecule has 3 rings (SSSR count). The summed E-state index contributed by atoms with van der Waals surface area (Å²) < 4.78 is 7.93. The fourth-order valence-electron chi connectivity index (χ4n) is 3.22. The van der Waals surface area contributed by atoms with Gasteiger partial charge in [-0.2, -0.15) is 0 Å². The third-order valence-electron chi connectivity index (χ3n) is 4.40. The van der Waals surface area contributed by atoms with Crippen LogP contribution >= 0.6 is 0 Å². The fraction of sp³-hybridized carbons (Fsp3) is 0.917. The maximum absolute atomic E-state index is 6.17.